The lowest BCUT2D eigenvalue weighted by atomic mass is 9.65. The molecular formula is C21H24N4O4S. The van der Waals surface area contributed by atoms with Gasteiger partial charge >= 0.3 is 5.97 Å². The van der Waals surface area contributed by atoms with Crippen LogP contribution in [-0.4, -0.2) is 52.9 Å². The molecule has 1 aliphatic heterocycles. The number of hydrogen-bond acceptors (Lipinski definition) is 8. The minimum Gasteiger partial charge on any atom is -0.479 e. The van der Waals surface area contributed by atoms with Gasteiger partial charge in [0.15, 0.2) is 6.29 Å². The first-order valence-electron chi connectivity index (χ1n) is 9.56. The third-order valence-electron chi connectivity index (χ3n) is 5.73. The highest BCUT2D eigenvalue weighted by Gasteiger charge is 2.64. The van der Waals surface area contributed by atoms with E-state index in [0.29, 0.717) is 29.8 Å². The summed E-state index contributed by atoms with van der Waals surface area (Å²) in [5.41, 5.74) is 4.17. The maximum absolute atomic E-state index is 12.9. The lowest BCUT2D eigenvalue weighted by Crippen LogP contribution is -2.75. The van der Waals surface area contributed by atoms with E-state index in [2.05, 4.69) is 5.10 Å². The minimum atomic E-state index is -2.52. The molecular weight excluding hydrogens is 404 g/mol. The first-order chi connectivity index (χ1) is 14.4. The number of carbonyl (C=O) groups is 3. The summed E-state index contributed by atoms with van der Waals surface area (Å²) in [4.78, 5) is 39.0. The Hall–Kier alpha value is -2.88. The van der Waals surface area contributed by atoms with Crippen molar-refractivity contribution in [2.75, 3.05) is 13.1 Å². The molecule has 2 heterocycles. The van der Waals surface area contributed by atoms with Gasteiger partial charge in [0.2, 0.25) is 11.3 Å². The molecule has 1 aliphatic rings. The molecule has 158 valence electrons. The maximum Gasteiger partial charge on any atom is 0.334 e. The van der Waals surface area contributed by atoms with Crippen LogP contribution in [0.5, 0.6) is 0 Å². The normalized spacial score (nSPS) is 19.1. The van der Waals surface area contributed by atoms with E-state index in [0.717, 1.165) is 19.3 Å². The molecule has 2 atom stereocenters. The number of carboxylic acid groups (broad SMARTS) is 1. The lowest BCUT2D eigenvalue weighted by Gasteiger charge is -2.52. The van der Waals surface area contributed by atoms with E-state index in [1.807, 2.05) is 4.90 Å². The van der Waals surface area contributed by atoms with Gasteiger partial charge < -0.3 is 16.7 Å². The van der Waals surface area contributed by atoms with Crippen LogP contribution in [0.4, 0.5) is 0 Å². The molecule has 9 heteroatoms. The van der Waals surface area contributed by atoms with Gasteiger partial charge in [-0.3, -0.25) is 14.5 Å². The Bertz CT molecular complexity index is 938. The summed E-state index contributed by atoms with van der Waals surface area (Å²) in [5, 5.41) is 17.3. The van der Waals surface area contributed by atoms with Crippen molar-refractivity contribution in [3.05, 3.63) is 57.8 Å². The van der Waals surface area contributed by atoms with Crippen molar-refractivity contribution < 1.29 is 19.5 Å². The van der Waals surface area contributed by atoms with E-state index < -0.39 is 22.8 Å². The van der Waals surface area contributed by atoms with Crippen molar-refractivity contribution in [2.45, 2.75) is 30.3 Å². The second kappa shape index (κ2) is 8.86. The van der Waals surface area contributed by atoms with Gasteiger partial charge in [0, 0.05) is 0 Å². The SMILES string of the molecule is NN=Cc1ccc(C(c2ccsc2)(N2CCCCC2)C(N)(C(=O)O)C(=O)C=O)cc1. The van der Waals surface area contributed by atoms with Crippen LogP contribution < -0.4 is 11.6 Å². The van der Waals surface area contributed by atoms with Crippen LogP contribution in [0.2, 0.25) is 0 Å². The maximum atomic E-state index is 12.9. The number of ketones is 1. The molecule has 1 fully saturated rings. The molecule has 1 saturated heterocycles. The monoisotopic (exact) mass is 428 g/mol. The number of hydrogen-bond donors (Lipinski definition) is 3. The summed E-state index contributed by atoms with van der Waals surface area (Å²) >= 11 is 1.37. The number of carbonyl (C=O) groups excluding carboxylic acids is 2. The number of aliphatic carboxylic acids is 1. The Morgan fingerprint density at radius 1 is 1.10 bits per heavy atom. The zero-order valence-electron chi connectivity index (χ0n) is 16.4. The largest absolute Gasteiger partial charge is 0.479 e. The number of likely N-dealkylation sites (tertiary alicyclic amines) is 1. The van der Waals surface area contributed by atoms with E-state index in [1.165, 1.54) is 17.6 Å². The molecule has 1 aromatic carbocycles. The molecule has 0 saturated carbocycles. The van der Waals surface area contributed by atoms with Gasteiger partial charge in [0.1, 0.15) is 5.54 Å². The highest BCUT2D eigenvalue weighted by atomic mass is 32.1. The number of nitrogens with two attached hydrogens (primary N) is 2. The Kier molecular flexibility index (Phi) is 6.45. The van der Waals surface area contributed by atoms with E-state index in [-0.39, 0.29) is 6.29 Å². The number of rotatable bonds is 8. The number of carboxylic acids is 1. The molecule has 2 aromatic rings. The first kappa shape index (κ1) is 21.8. The van der Waals surface area contributed by atoms with E-state index in [9.17, 15) is 19.5 Å². The van der Waals surface area contributed by atoms with Gasteiger partial charge in [0.05, 0.1) is 6.21 Å². The molecule has 5 N–H and O–H groups in total. The average Bonchev–Trinajstić information content (AvgIpc) is 3.30. The molecule has 3 rings (SSSR count). The molecule has 0 aliphatic carbocycles. The quantitative estimate of drug-likeness (QED) is 0.144. The molecule has 0 bridgehead atoms. The van der Waals surface area contributed by atoms with Crippen molar-refractivity contribution in [1.29, 1.82) is 0 Å². The molecule has 0 amide bonds. The topological polar surface area (TPSA) is 139 Å². The number of hydrazone groups is 1. The highest BCUT2D eigenvalue weighted by Crippen LogP contribution is 2.46. The highest BCUT2D eigenvalue weighted by molar-refractivity contribution is 7.08. The van der Waals surface area contributed by atoms with Crippen molar-refractivity contribution in [1.82, 2.24) is 4.90 Å². The smallest absolute Gasteiger partial charge is 0.334 e. The molecule has 2 unspecified atom stereocenters. The van der Waals surface area contributed by atoms with E-state index in [1.54, 1.807) is 41.1 Å². The minimum absolute atomic E-state index is 0.00857. The number of nitrogens with zero attached hydrogens (tertiary/aromatic N) is 2. The zero-order valence-corrected chi connectivity index (χ0v) is 17.2. The predicted octanol–water partition coefficient (Wildman–Crippen LogP) is 1.32. The fourth-order valence-electron chi connectivity index (χ4n) is 4.36. The van der Waals surface area contributed by atoms with Crippen molar-refractivity contribution in [2.24, 2.45) is 16.7 Å². The number of benzene rings is 1. The molecule has 8 nitrogen and oxygen atoms in total. The number of Topliss-reactive ketones (excluding diaryl/α,β-unsaturated/α-hetero) is 1. The average molecular weight is 429 g/mol. The third-order valence-corrected chi connectivity index (χ3v) is 6.41. The zero-order chi connectivity index (χ0) is 21.8. The van der Waals surface area contributed by atoms with Crippen molar-refractivity contribution >= 4 is 35.6 Å². The second-order valence-corrected chi connectivity index (χ2v) is 8.05. The van der Waals surface area contributed by atoms with Crippen LogP contribution >= 0.6 is 11.3 Å². The number of piperidine rings is 1. The Balaban J connectivity index is 2.39. The van der Waals surface area contributed by atoms with Gasteiger partial charge in [-0.1, -0.05) is 30.7 Å². The van der Waals surface area contributed by atoms with Gasteiger partial charge in [0.25, 0.3) is 0 Å². The fraction of sp³-hybridized carbons (Fsp3) is 0.333. The fourth-order valence-corrected chi connectivity index (χ4v) is 5.06. The van der Waals surface area contributed by atoms with Gasteiger partial charge in [-0.15, -0.1) is 0 Å². The van der Waals surface area contributed by atoms with Gasteiger partial charge in [-0.25, -0.2) is 4.79 Å². The predicted molar refractivity (Wildman–Crippen MR) is 114 cm³/mol. The Morgan fingerprint density at radius 2 is 1.77 bits per heavy atom. The summed E-state index contributed by atoms with van der Waals surface area (Å²) < 4.78 is 0. The summed E-state index contributed by atoms with van der Waals surface area (Å²) in [7, 11) is 0. The molecule has 0 spiro atoms. The standard InChI is InChI=1S/C21H24N4O4S/c22-20(19(28)29,18(27)13-26)21(17-8-11-30-14-17,25-9-2-1-3-10-25)16-6-4-15(5-7-16)12-24-23/h4-8,11-14H,1-3,9-10,22-23H2,(H,28,29). The van der Waals surface area contributed by atoms with Crippen molar-refractivity contribution in [3.63, 3.8) is 0 Å². The molecule has 30 heavy (non-hydrogen) atoms. The first-order valence-corrected chi connectivity index (χ1v) is 10.5. The summed E-state index contributed by atoms with van der Waals surface area (Å²) in [6.07, 6.45) is 4.12. The number of thiophene rings is 1. The lowest BCUT2D eigenvalue weighted by molar-refractivity contribution is -0.157. The van der Waals surface area contributed by atoms with Crippen LogP contribution in [0.3, 0.4) is 0 Å². The van der Waals surface area contributed by atoms with Gasteiger partial charge in [-0.05, 0) is 59.4 Å². The van der Waals surface area contributed by atoms with Crippen LogP contribution in [0, 0.1) is 0 Å². The molecule has 1 aromatic heterocycles. The van der Waals surface area contributed by atoms with E-state index >= 15 is 0 Å². The summed E-state index contributed by atoms with van der Waals surface area (Å²) in [5.74, 6) is 2.49. The van der Waals surface area contributed by atoms with Crippen LogP contribution in [-0.2, 0) is 19.9 Å². The van der Waals surface area contributed by atoms with Crippen molar-refractivity contribution in [3.8, 4) is 0 Å². The van der Waals surface area contributed by atoms with Gasteiger partial charge in [-0.2, -0.15) is 16.4 Å². The Labute approximate surface area is 178 Å². The second-order valence-electron chi connectivity index (χ2n) is 7.27. The van der Waals surface area contributed by atoms with Crippen LogP contribution in [0.25, 0.3) is 0 Å². The molecule has 0 radical (unpaired) electrons. The van der Waals surface area contributed by atoms with Crippen LogP contribution in [0.1, 0.15) is 36.0 Å². The Morgan fingerprint density at radius 3 is 2.27 bits per heavy atom. The summed E-state index contributed by atoms with van der Waals surface area (Å²) in [6.45, 7) is 1.08. The summed E-state index contributed by atoms with van der Waals surface area (Å²) in [6, 6.07) is 8.64. The van der Waals surface area contributed by atoms with Crippen LogP contribution in [0.15, 0.2) is 46.2 Å². The number of aldehydes is 1. The third kappa shape index (κ3) is 3.34. The van der Waals surface area contributed by atoms with E-state index in [4.69, 9.17) is 11.6 Å².